The number of hydrogen-bond donors (Lipinski definition) is 1. The Kier molecular flexibility index (Phi) is 4.96. The van der Waals surface area contributed by atoms with Gasteiger partial charge in [-0.3, -0.25) is 25.0 Å². The number of rotatable bonds is 3. The van der Waals surface area contributed by atoms with Gasteiger partial charge in [-0.05, 0) is 50.5 Å². The highest BCUT2D eigenvalue weighted by atomic mass is 16.2. The second kappa shape index (κ2) is 7.80. The van der Waals surface area contributed by atoms with Crippen molar-refractivity contribution in [2.45, 2.75) is 50.6 Å². The maximum Gasteiger partial charge on any atom is 0.328 e. The summed E-state index contributed by atoms with van der Waals surface area (Å²) in [6.07, 6.45) is 8.48. The SMILES string of the molecule is Cc1ccc(C(=O)N2CCC3(C2)C(=NC2CCCC2)NC(=O)N3c2cccnc2)cc1. The lowest BCUT2D eigenvalue weighted by molar-refractivity contribution is 0.0788. The molecule has 7 nitrogen and oxygen atoms in total. The summed E-state index contributed by atoms with van der Waals surface area (Å²) in [5, 5.41) is 3.04. The van der Waals surface area contributed by atoms with Gasteiger partial charge in [0, 0.05) is 18.3 Å². The number of amides is 3. The number of aliphatic imine (C=N–C) groups is 1. The van der Waals surface area contributed by atoms with Gasteiger partial charge in [0.1, 0.15) is 11.4 Å². The van der Waals surface area contributed by atoms with Crippen LogP contribution in [-0.2, 0) is 0 Å². The summed E-state index contributed by atoms with van der Waals surface area (Å²) < 4.78 is 0. The molecule has 3 amide bonds. The molecule has 2 aliphatic heterocycles. The third-order valence-corrected chi connectivity index (χ3v) is 6.67. The Balaban J connectivity index is 1.50. The summed E-state index contributed by atoms with van der Waals surface area (Å²) in [5.41, 5.74) is 1.83. The second-order valence-electron chi connectivity index (χ2n) is 8.77. The van der Waals surface area contributed by atoms with Crippen molar-refractivity contribution < 1.29 is 9.59 Å². The highest BCUT2D eigenvalue weighted by Crippen LogP contribution is 2.38. The monoisotopic (exact) mass is 417 g/mol. The predicted octanol–water partition coefficient (Wildman–Crippen LogP) is 3.55. The van der Waals surface area contributed by atoms with E-state index in [2.05, 4.69) is 10.3 Å². The Morgan fingerprint density at radius 3 is 2.68 bits per heavy atom. The first-order chi connectivity index (χ1) is 15.1. The number of pyridine rings is 1. The van der Waals surface area contributed by atoms with Gasteiger partial charge in [-0.1, -0.05) is 30.5 Å². The Labute approximate surface area is 182 Å². The van der Waals surface area contributed by atoms with Crippen LogP contribution in [0, 0.1) is 6.92 Å². The van der Waals surface area contributed by atoms with E-state index in [4.69, 9.17) is 4.99 Å². The summed E-state index contributed by atoms with van der Waals surface area (Å²) in [4.78, 5) is 39.2. The summed E-state index contributed by atoms with van der Waals surface area (Å²) in [5.74, 6) is 0.690. The highest BCUT2D eigenvalue weighted by molar-refractivity contribution is 6.19. The number of urea groups is 1. The van der Waals surface area contributed by atoms with Crippen LogP contribution in [-0.4, -0.2) is 52.3 Å². The zero-order valence-electron chi connectivity index (χ0n) is 17.8. The molecule has 1 N–H and O–H groups in total. The fourth-order valence-electron chi connectivity index (χ4n) is 5.01. The molecule has 0 bridgehead atoms. The van der Waals surface area contributed by atoms with E-state index in [1.54, 1.807) is 17.3 Å². The van der Waals surface area contributed by atoms with E-state index in [0.717, 1.165) is 24.1 Å². The third-order valence-electron chi connectivity index (χ3n) is 6.67. The largest absolute Gasteiger partial charge is 0.336 e. The number of aromatic nitrogens is 1. The molecule has 1 atom stereocenters. The van der Waals surface area contributed by atoms with Crippen molar-refractivity contribution in [3.63, 3.8) is 0 Å². The molecule has 3 fully saturated rings. The molecule has 31 heavy (non-hydrogen) atoms. The van der Waals surface area contributed by atoms with E-state index in [1.807, 2.05) is 48.2 Å². The molecule has 1 spiro atoms. The zero-order chi connectivity index (χ0) is 21.4. The van der Waals surface area contributed by atoms with Gasteiger partial charge in [0.2, 0.25) is 0 Å². The minimum Gasteiger partial charge on any atom is -0.336 e. The first-order valence-corrected chi connectivity index (χ1v) is 11.0. The van der Waals surface area contributed by atoms with Crippen molar-refractivity contribution in [1.82, 2.24) is 15.2 Å². The summed E-state index contributed by atoms with van der Waals surface area (Å²) in [6.45, 7) is 2.99. The van der Waals surface area contributed by atoms with Crippen LogP contribution in [0.5, 0.6) is 0 Å². The van der Waals surface area contributed by atoms with E-state index >= 15 is 0 Å². The van der Waals surface area contributed by atoms with Gasteiger partial charge in [-0.15, -0.1) is 0 Å². The normalized spacial score (nSPS) is 25.1. The van der Waals surface area contributed by atoms with Gasteiger partial charge < -0.3 is 4.90 Å². The van der Waals surface area contributed by atoms with Crippen LogP contribution < -0.4 is 10.2 Å². The highest BCUT2D eigenvalue weighted by Gasteiger charge is 2.56. The predicted molar refractivity (Wildman–Crippen MR) is 119 cm³/mol. The molecule has 1 saturated carbocycles. The van der Waals surface area contributed by atoms with E-state index in [1.165, 1.54) is 12.8 Å². The van der Waals surface area contributed by atoms with Crippen molar-refractivity contribution in [2.75, 3.05) is 18.0 Å². The van der Waals surface area contributed by atoms with Gasteiger partial charge >= 0.3 is 6.03 Å². The number of likely N-dealkylation sites (tertiary alicyclic amines) is 1. The second-order valence-corrected chi connectivity index (χ2v) is 8.77. The van der Waals surface area contributed by atoms with Gasteiger partial charge in [-0.2, -0.15) is 0 Å². The van der Waals surface area contributed by atoms with Crippen molar-refractivity contribution in [3.8, 4) is 0 Å². The quantitative estimate of drug-likeness (QED) is 0.830. The minimum absolute atomic E-state index is 0.0115. The fraction of sp³-hybridized carbons (Fsp3) is 0.417. The number of nitrogens with zero attached hydrogens (tertiary/aromatic N) is 4. The number of carbonyl (C=O) groups is 2. The number of anilines is 1. The Morgan fingerprint density at radius 2 is 1.97 bits per heavy atom. The maximum absolute atomic E-state index is 13.2. The van der Waals surface area contributed by atoms with Crippen molar-refractivity contribution in [1.29, 1.82) is 0 Å². The standard InChI is InChI=1S/C24H27N5O2/c1-17-8-10-18(11-9-17)21(30)28-14-12-24(16-28)22(26-19-5-2-3-6-19)27-23(31)29(24)20-7-4-13-25-15-20/h4,7-11,13,15,19H,2-3,5-6,12,14,16H2,1H3,(H,26,27,31). The number of amidine groups is 1. The summed E-state index contributed by atoms with van der Waals surface area (Å²) in [7, 11) is 0. The average Bonchev–Trinajstić information content (AvgIpc) is 3.50. The molecular formula is C24H27N5O2. The summed E-state index contributed by atoms with van der Waals surface area (Å²) in [6, 6.07) is 11.4. The van der Waals surface area contributed by atoms with Gasteiger partial charge in [0.15, 0.2) is 0 Å². The molecule has 1 aromatic heterocycles. The first-order valence-electron chi connectivity index (χ1n) is 11.0. The van der Waals surface area contributed by atoms with Crippen LogP contribution >= 0.6 is 0 Å². The lowest BCUT2D eigenvalue weighted by Gasteiger charge is -2.33. The van der Waals surface area contributed by atoms with E-state index in [-0.39, 0.29) is 18.0 Å². The number of aryl methyl sites for hydroxylation is 1. The topological polar surface area (TPSA) is 77.9 Å². The number of carbonyl (C=O) groups excluding carboxylic acids is 2. The molecule has 1 unspecified atom stereocenters. The van der Waals surface area contributed by atoms with Crippen LogP contribution in [0.4, 0.5) is 10.5 Å². The Bertz CT molecular complexity index is 1010. The van der Waals surface area contributed by atoms with Crippen LogP contribution in [0.3, 0.4) is 0 Å². The Morgan fingerprint density at radius 1 is 1.19 bits per heavy atom. The van der Waals surface area contributed by atoms with Crippen LogP contribution in [0.2, 0.25) is 0 Å². The van der Waals surface area contributed by atoms with Crippen molar-refractivity contribution in [3.05, 3.63) is 59.9 Å². The molecule has 1 aromatic carbocycles. The van der Waals surface area contributed by atoms with Crippen LogP contribution in [0.25, 0.3) is 0 Å². The maximum atomic E-state index is 13.2. The number of hydrogen-bond acceptors (Lipinski definition) is 4. The average molecular weight is 418 g/mol. The molecular weight excluding hydrogens is 390 g/mol. The van der Waals surface area contributed by atoms with E-state index < -0.39 is 5.54 Å². The molecule has 7 heteroatoms. The lowest BCUT2D eigenvalue weighted by atomic mass is 9.95. The molecule has 2 saturated heterocycles. The molecule has 5 rings (SSSR count). The lowest BCUT2D eigenvalue weighted by Crippen LogP contribution is -2.53. The molecule has 3 heterocycles. The van der Waals surface area contributed by atoms with Gasteiger partial charge in [-0.25, -0.2) is 4.79 Å². The minimum atomic E-state index is -0.678. The molecule has 3 aliphatic rings. The summed E-state index contributed by atoms with van der Waals surface area (Å²) >= 11 is 0. The smallest absolute Gasteiger partial charge is 0.328 e. The first kappa shape index (κ1) is 19.7. The fourth-order valence-corrected chi connectivity index (χ4v) is 5.01. The number of nitrogens with one attached hydrogen (secondary N) is 1. The van der Waals surface area contributed by atoms with Crippen molar-refractivity contribution >= 4 is 23.5 Å². The van der Waals surface area contributed by atoms with Crippen molar-refractivity contribution in [2.24, 2.45) is 4.99 Å². The van der Waals surface area contributed by atoms with E-state index in [0.29, 0.717) is 30.9 Å². The molecule has 160 valence electrons. The van der Waals surface area contributed by atoms with E-state index in [9.17, 15) is 9.59 Å². The van der Waals surface area contributed by atoms with Crippen LogP contribution in [0.1, 0.15) is 48.0 Å². The number of benzene rings is 1. The molecule has 2 aromatic rings. The van der Waals surface area contributed by atoms with Gasteiger partial charge in [0.25, 0.3) is 5.91 Å². The Hall–Kier alpha value is -3.22. The molecule has 0 radical (unpaired) electrons. The molecule has 1 aliphatic carbocycles. The third kappa shape index (κ3) is 3.48. The zero-order valence-corrected chi connectivity index (χ0v) is 17.8. The van der Waals surface area contributed by atoms with Gasteiger partial charge in [0.05, 0.1) is 24.5 Å². The van der Waals surface area contributed by atoms with Crippen LogP contribution in [0.15, 0.2) is 53.8 Å².